The zero-order valence-corrected chi connectivity index (χ0v) is 16.5. The lowest BCUT2D eigenvalue weighted by Gasteiger charge is -2.36. The number of benzene rings is 2. The molecule has 1 fully saturated rings. The second kappa shape index (κ2) is 7.98. The van der Waals surface area contributed by atoms with Crippen LogP contribution in [0.1, 0.15) is 23.2 Å². The molecular formula is C23H26N4O. The van der Waals surface area contributed by atoms with E-state index in [1.165, 1.54) is 0 Å². The maximum absolute atomic E-state index is 13.1. The van der Waals surface area contributed by atoms with Crippen LogP contribution < -0.4 is 0 Å². The fourth-order valence-electron chi connectivity index (χ4n) is 3.85. The molecule has 1 saturated heterocycles. The van der Waals surface area contributed by atoms with Gasteiger partial charge in [-0.05, 0) is 51.2 Å². The number of hydrogen-bond acceptors (Lipinski definition) is 3. The molecule has 2 heterocycles. The number of nitrogens with zero attached hydrogens (tertiary/aromatic N) is 4. The lowest BCUT2D eigenvalue weighted by molar-refractivity contribution is 0.0635. The summed E-state index contributed by atoms with van der Waals surface area (Å²) in [4.78, 5) is 17.3. The van der Waals surface area contributed by atoms with Crippen molar-refractivity contribution in [2.45, 2.75) is 18.9 Å². The Kier molecular flexibility index (Phi) is 5.26. The van der Waals surface area contributed by atoms with E-state index in [2.05, 4.69) is 36.2 Å². The summed E-state index contributed by atoms with van der Waals surface area (Å²) in [5.41, 5.74) is 3.72. The van der Waals surface area contributed by atoms with Gasteiger partial charge >= 0.3 is 0 Å². The highest BCUT2D eigenvalue weighted by Gasteiger charge is 2.25. The van der Waals surface area contributed by atoms with Crippen molar-refractivity contribution in [2.24, 2.45) is 0 Å². The molecule has 0 N–H and O–H groups in total. The maximum Gasteiger partial charge on any atom is 0.253 e. The Morgan fingerprint density at radius 2 is 1.89 bits per heavy atom. The first-order valence-corrected chi connectivity index (χ1v) is 9.79. The molecule has 1 aliphatic heterocycles. The van der Waals surface area contributed by atoms with Gasteiger partial charge in [0.2, 0.25) is 0 Å². The maximum atomic E-state index is 13.1. The van der Waals surface area contributed by atoms with Gasteiger partial charge in [-0.1, -0.05) is 36.4 Å². The summed E-state index contributed by atoms with van der Waals surface area (Å²) >= 11 is 0. The zero-order valence-electron chi connectivity index (χ0n) is 16.5. The van der Waals surface area contributed by atoms with Crippen molar-refractivity contribution >= 4 is 5.91 Å². The van der Waals surface area contributed by atoms with Crippen molar-refractivity contribution in [3.05, 3.63) is 72.4 Å². The number of likely N-dealkylation sites (tertiary alicyclic amines) is 1. The summed E-state index contributed by atoms with van der Waals surface area (Å²) < 4.78 is 1.89. The van der Waals surface area contributed by atoms with Gasteiger partial charge in [0.25, 0.3) is 5.91 Å². The van der Waals surface area contributed by atoms with Gasteiger partial charge in [-0.3, -0.25) is 4.79 Å². The van der Waals surface area contributed by atoms with Gasteiger partial charge in [0.15, 0.2) is 0 Å². The molecule has 3 aromatic rings. The van der Waals surface area contributed by atoms with Crippen molar-refractivity contribution in [3.8, 4) is 16.9 Å². The number of piperidine rings is 1. The first-order valence-electron chi connectivity index (χ1n) is 9.79. The molecule has 4 rings (SSSR count). The third-order valence-corrected chi connectivity index (χ3v) is 5.46. The van der Waals surface area contributed by atoms with Crippen molar-refractivity contribution in [2.75, 3.05) is 27.2 Å². The number of likely N-dealkylation sites (N-methyl/N-ethyl adjacent to an activating group) is 1. The van der Waals surface area contributed by atoms with Crippen LogP contribution >= 0.6 is 0 Å². The van der Waals surface area contributed by atoms with Crippen LogP contribution in [0.3, 0.4) is 0 Å². The van der Waals surface area contributed by atoms with Gasteiger partial charge < -0.3 is 9.80 Å². The fourth-order valence-corrected chi connectivity index (χ4v) is 3.85. The van der Waals surface area contributed by atoms with Crippen LogP contribution in [0.2, 0.25) is 0 Å². The Hall–Kier alpha value is -2.92. The second-order valence-corrected chi connectivity index (χ2v) is 7.56. The Labute approximate surface area is 166 Å². The number of carbonyl (C=O) groups is 1. The topological polar surface area (TPSA) is 41.4 Å². The molecule has 0 radical (unpaired) electrons. The van der Waals surface area contributed by atoms with E-state index in [4.69, 9.17) is 0 Å². The average molecular weight is 374 g/mol. The lowest BCUT2D eigenvalue weighted by Crippen LogP contribution is -2.47. The summed E-state index contributed by atoms with van der Waals surface area (Å²) in [6, 6.07) is 20.4. The van der Waals surface area contributed by atoms with Gasteiger partial charge in [0.1, 0.15) is 0 Å². The number of hydrogen-bond donors (Lipinski definition) is 0. The van der Waals surface area contributed by atoms with Gasteiger partial charge in [-0.2, -0.15) is 5.10 Å². The highest BCUT2D eigenvalue weighted by atomic mass is 16.2. The van der Waals surface area contributed by atoms with Crippen LogP contribution in [0.5, 0.6) is 0 Å². The minimum absolute atomic E-state index is 0.0989. The van der Waals surface area contributed by atoms with Crippen LogP contribution in [0, 0.1) is 0 Å². The molecule has 1 amide bonds. The molecule has 1 atom stereocenters. The molecule has 1 aromatic heterocycles. The van der Waals surface area contributed by atoms with E-state index in [1.807, 2.05) is 58.1 Å². The molecule has 5 nitrogen and oxygen atoms in total. The van der Waals surface area contributed by atoms with Gasteiger partial charge in [-0.25, -0.2) is 4.68 Å². The third kappa shape index (κ3) is 3.71. The average Bonchev–Trinajstić information content (AvgIpc) is 3.24. The number of aromatic nitrogens is 2. The molecule has 2 aromatic carbocycles. The summed E-state index contributed by atoms with van der Waals surface area (Å²) in [6.45, 7) is 1.61. The summed E-state index contributed by atoms with van der Waals surface area (Å²) in [7, 11) is 4.17. The largest absolute Gasteiger partial charge is 0.337 e. The predicted molar refractivity (Wildman–Crippen MR) is 112 cm³/mol. The molecule has 5 heteroatoms. The molecule has 28 heavy (non-hydrogen) atoms. The minimum atomic E-state index is 0.0989. The smallest absolute Gasteiger partial charge is 0.253 e. The first-order chi connectivity index (χ1) is 13.6. The number of rotatable bonds is 4. The molecule has 0 bridgehead atoms. The normalized spacial score (nSPS) is 17.1. The van der Waals surface area contributed by atoms with Crippen LogP contribution in [-0.2, 0) is 0 Å². The molecule has 144 valence electrons. The summed E-state index contributed by atoms with van der Waals surface area (Å²) in [5, 5.41) is 4.50. The van der Waals surface area contributed by atoms with Crippen LogP contribution in [-0.4, -0.2) is 58.7 Å². The van der Waals surface area contributed by atoms with Crippen molar-refractivity contribution in [3.63, 3.8) is 0 Å². The second-order valence-electron chi connectivity index (χ2n) is 7.56. The van der Waals surface area contributed by atoms with E-state index < -0.39 is 0 Å². The van der Waals surface area contributed by atoms with Gasteiger partial charge in [-0.15, -0.1) is 0 Å². The van der Waals surface area contributed by atoms with Crippen molar-refractivity contribution < 1.29 is 4.79 Å². The highest BCUT2D eigenvalue weighted by molar-refractivity contribution is 5.95. The first kappa shape index (κ1) is 18.4. The number of carbonyl (C=O) groups excluding carboxylic acids is 1. The van der Waals surface area contributed by atoms with E-state index >= 15 is 0 Å². The van der Waals surface area contributed by atoms with Crippen LogP contribution in [0.4, 0.5) is 0 Å². The van der Waals surface area contributed by atoms with Crippen molar-refractivity contribution in [1.82, 2.24) is 19.6 Å². The van der Waals surface area contributed by atoms with E-state index in [0.29, 0.717) is 11.6 Å². The SMILES string of the molecule is CN(C)C1CCCN(C(=O)c2cccc(-n3nccc3-c3ccccc3)c2)C1. The molecule has 0 spiro atoms. The van der Waals surface area contributed by atoms with Gasteiger partial charge in [0, 0.05) is 30.3 Å². The lowest BCUT2D eigenvalue weighted by atomic mass is 10.0. The Morgan fingerprint density at radius 1 is 1.07 bits per heavy atom. The van der Waals surface area contributed by atoms with Crippen molar-refractivity contribution in [1.29, 1.82) is 0 Å². The predicted octanol–water partition coefficient (Wildman–Crippen LogP) is 3.71. The monoisotopic (exact) mass is 374 g/mol. The molecule has 0 saturated carbocycles. The summed E-state index contributed by atoms with van der Waals surface area (Å²) in [5.74, 6) is 0.0989. The highest BCUT2D eigenvalue weighted by Crippen LogP contribution is 2.23. The van der Waals surface area contributed by atoms with Gasteiger partial charge in [0.05, 0.1) is 17.6 Å². The molecule has 1 aliphatic rings. The third-order valence-electron chi connectivity index (χ3n) is 5.46. The number of amides is 1. The standard InChI is InChI=1S/C23H26N4O/c1-25(2)21-12-7-15-26(17-21)23(28)19-10-6-11-20(16-19)27-22(13-14-24-27)18-8-4-3-5-9-18/h3-6,8-11,13-14,16,21H,7,12,15,17H2,1-2H3. The van der Waals surface area contributed by atoms with E-state index in [-0.39, 0.29) is 5.91 Å². The Balaban J connectivity index is 1.61. The molecular weight excluding hydrogens is 348 g/mol. The Morgan fingerprint density at radius 3 is 2.68 bits per heavy atom. The van der Waals surface area contributed by atoms with E-state index in [9.17, 15) is 4.79 Å². The quantitative estimate of drug-likeness (QED) is 0.699. The molecule has 0 aliphatic carbocycles. The minimum Gasteiger partial charge on any atom is -0.337 e. The van der Waals surface area contributed by atoms with Crippen LogP contribution in [0.15, 0.2) is 66.9 Å². The van der Waals surface area contributed by atoms with E-state index in [0.717, 1.165) is 42.9 Å². The van der Waals surface area contributed by atoms with Crippen LogP contribution in [0.25, 0.3) is 16.9 Å². The fraction of sp³-hybridized carbons (Fsp3) is 0.304. The molecule has 1 unspecified atom stereocenters. The Bertz CT molecular complexity index is 948. The zero-order chi connectivity index (χ0) is 19.5. The summed E-state index contributed by atoms with van der Waals surface area (Å²) in [6.07, 6.45) is 3.99. The van der Waals surface area contributed by atoms with E-state index in [1.54, 1.807) is 6.20 Å².